The zero-order chi connectivity index (χ0) is 10.8. The fourth-order valence-electron chi connectivity index (χ4n) is 2.12. The van der Waals surface area contributed by atoms with Crippen LogP contribution in [-0.2, 0) is 6.54 Å². The first kappa shape index (κ1) is 10.3. The largest absolute Gasteiger partial charge is 0.328 e. The van der Waals surface area contributed by atoms with Crippen LogP contribution >= 0.6 is 0 Å². The number of hydrogen-bond acceptors (Lipinski definition) is 4. The van der Waals surface area contributed by atoms with E-state index in [1.807, 2.05) is 6.92 Å². The third-order valence-corrected chi connectivity index (χ3v) is 2.98. The minimum absolute atomic E-state index is 0.0505. The lowest BCUT2D eigenvalue weighted by Crippen LogP contribution is -2.21. The molecule has 1 aliphatic carbocycles. The molecule has 0 radical (unpaired) electrons. The Morgan fingerprint density at radius 1 is 1.67 bits per heavy atom. The van der Waals surface area contributed by atoms with Crippen LogP contribution in [0.3, 0.4) is 0 Å². The second-order valence-electron chi connectivity index (χ2n) is 4.03. The van der Waals surface area contributed by atoms with Gasteiger partial charge in [0.1, 0.15) is 6.33 Å². The lowest BCUT2D eigenvalue weighted by atomic mass is 10.0. The summed E-state index contributed by atoms with van der Waals surface area (Å²) in [6.07, 6.45) is 4.05. The molecule has 0 saturated heterocycles. The van der Waals surface area contributed by atoms with Crippen LogP contribution in [0, 0.1) is 5.92 Å². The van der Waals surface area contributed by atoms with Gasteiger partial charge in [0, 0.05) is 18.5 Å². The summed E-state index contributed by atoms with van der Waals surface area (Å²) in [5, 5.41) is 4.00. The second-order valence-corrected chi connectivity index (χ2v) is 4.03. The lowest BCUT2D eigenvalue weighted by molar-refractivity contribution is 0.0905. The molecule has 0 bridgehead atoms. The zero-order valence-electron chi connectivity index (χ0n) is 8.89. The van der Waals surface area contributed by atoms with Crippen LogP contribution in [-0.4, -0.2) is 26.6 Å². The first-order valence-electron chi connectivity index (χ1n) is 5.40. The fraction of sp³-hybridized carbons (Fsp3) is 0.700. The van der Waals surface area contributed by atoms with Gasteiger partial charge in [-0.05, 0) is 26.2 Å². The van der Waals surface area contributed by atoms with Crippen LogP contribution < -0.4 is 5.73 Å². The highest BCUT2D eigenvalue weighted by Gasteiger charge is 2.30. The van der Waals surface area contributed by atoms with Crippen molar-refractivity contribution in [1.29, 1.82) is 0 Å². The first-order valence-corrected chi connectivity index (χ1v) is 5.40. The van der Waals surface area contributed by atoms with E-state index in [-0.39, 0.29) is 17.7 Å². The molecule has 2 atom stereocenters. The van der Waals surface area contributed by atoms with Gasteiger partial charge >= 0.3 is 0 Å². The summed E-state index contributed by atoms with van der Waals surface area (Å²) < 4.78 is 1.65. The molecule has 2 N–H and O–H groups in total. The Morgan fingerprint density at radius 3 is 3.07 bits per heavy atom. The van der Waals surface area contributed by atoms with Crippen LogP contribution in [0.15, 0.2) is 6.33 Å². The number of Topliss-reactive ketones (excluding diaryl/α,β-unsaturated/α-hetero) is 1. The molecule has 1 fully saturated rings. The second kappa shape index (κ2) is 4.10. The quantitative estimate of drug-likeness (QED) is 0.738. The van der Waals surface area contributed by atoms with Gasteiger partial charge in [-0.25, -0.2) is 9.67 Å². The molecule has 2 unspecified atom stereocenters. The average molecular weight is 208 g/mol. The third kappa shape index (κ3) is 1.92. The number of nitrogens with two attached hydrogens (primary N) is 1. The fourth-order valence-corrected chi connectivity index (χ4v) is 2.12. The molecule has 1 aliphatic rings. The standard InChI is InChI=1S/C10H16N4O/c1-2-14-10(12-6-13-14)9(15)7-3-4-8(11)5-7/h6-8H,2-5,11H2,1H3. The molecule has 0 aromatic carbocycles. The molecule has 0 amide bonds. The molecule has 5 heteroatoms. The topological polar surface area (TPSA) is 73.8 Å². The highest BCUT2D eigenvalue weighted by molar-refractivity contribution is 5.94. The van der Waals surface area contributed by atoms with Gasteiger partial charge in [-0.3, -0.25) is 4.79 Å². The minimum Gasteiger partial charge on any atom is -0.328 e. The van der Waals surface area contributed by atoms with Crippen molar-refractivity contribution in [3.63, 3.8) is 0 Å². The van der Waals surface area contributed by atoms with Crippen molar-refractivity contribution in [2.45, 2.75) is 38.8 Å². The van der Waals surface area contributed by atoms with E-state index in [0.717, 1.165) is 19.3 Å². The van der Waals surface area contributed by atoms with Gasteiger partial charge in [0.05, 0.1) is 0 Å². The van der Waals surface area contributed by atoms with Crippen molar-refractivity contribution < 1.29 is 4.79 Å². The molecule has 1 heterocycles. The summed E-state index contributed by atoms with van der Waals surface area (Å²) in [4.78, 5) is 16.1. The predicted molar refractivity (Wildman–Crippen MR) is 55.3 cm³/mol. The lowest BCUT2D eigenvalue weighted by Gasteiger charge is -2.07. The first-order chi connectivity index (χ1) is 7.22. The van der Waals surface area contributed by atoms with Gasteiger partial charge < -0.3 is 5.73 Å². The number of ketones is 1. The SMILES string of the molecule is CCn1ncnc1C(=O)C1CCC(N)C1. The number of hydrogen-bond donors (Lipinski definition) is 1. The van der Waals surface area contributed by atoms with E-state index in [4.69, 9.17) is 5.73 Å². The van der Waals surface area contributed by atoms with Crippen LogP contribution in [0.5, 0.6) is 0 Å². The normalized spacial score (nSPS) is 25.7. The van der Waals surface area contributed by atoms with Crippen molar-refractivity contribution in [3.8, 4) is 0 Å². The number of rotatable bonds is 3. The van der Waals surface area contributed by atoms with Crippen LogP contribution in [0.2, 0.25) is 0 Å². The Balaban J connectivity index is 2.14. The molecule has 0 aliphatic heterocycles. The molecule has 0 spiro atoms. The average Bonchev–Trinajstić information content (AvgIpc) is 2.84. The van der Waals surface area contributed by atoms with Gasteiger partial charge in [0.15, 0.2) is 5.82 Å². The molecule has 5 nitrogen and oxygen atoms in total. The molecular weight excluding hydrogens is 192 g/mol. The van der Waals surface area contributed by atoms with E-state index in [2.05, 4.69) is 10.1 Å². The van der Waals surface area contributed by atoms with Gasteiger partial charge in [0.25, 0.3) is 0 Å². The van der Waals surface area contributed by atoms with Gasteiger partial charge in [0.2, 0.25) is 5.78 Å². The number of carbonyl (C=O) groups excluding carboxylic acids is 1. The Morgan fingerprint density at radius 2 is 2.47 bits per heavy atom. The Labute approximate surface area is 88.7 Å². The van der Waals surface area contributed by atoms with Crippen molar-refractivity contribution in [3.05, 3.63) is 12.2 Å². The summed E-state index contributed by atoms with van der Waals surface area (Å²) in [6.45, 7) is 2.63. The maximum atomic E-state index is 12.1. The Bertz CT molecular complexity index is 360. The molecule has 82 valence electrons. The molecule has 1 aromatic rings. The minimum atomic E-state index is 0.0505. The highest BCUT2D eigenvalue weighted by Crippen LogP contribution is 2.26. The van der Waals surface area contributed by atoms with Crippen molar-refractivity contribution in [2.75, 3.05) is 0 Å². The van der Waals surface area contributed by atoms with Crippen molar-refractivity contribution in [2.24, 2.45) is 11.7 Å². The number of aryl methyl sites for hydroxylation is 1. The van der Waals surface area contributed by atoms with E-state index in [1.54, 1.807) is 4.68 Å². The van der Waals surface area contributed by atoms with Gasteiger partial charge in [-0.2, -0.15) is 5.10 Å². The predicted octanol–water partition coefficient (Wildman–Crippen LogP) is 0.608. The van der Waals surface area contributed by atoms with E-state index >= 15 is 0 Å². The van der Waals surface area contributed by atoms with E-state index in [1.165, 1.54) is 6.33 Å². The van der Waals surface area contributed by atoms with Gasteiger partial charge in [-0.15, -0.1) is 0 Å². The summed E-state index contributed by atoms with van der Waals surface area (Å²) >= 11 is 0. The van der Waals surface area contributed by atoms with Gasteiger partial charge in [-0.1, -0.05) is 0 Å². The Kier molecular flexibility index (Phi) is 2.81. The van der Waals surface area contributed by atoms with Crippen molar-refractivity contribution >= 4 is 5.78 Å². The van der Waals surface area contributed by atoms with E-state index in [9.17, 15) is 4.79 Å². The van der Waals surface area contributed by atoms with E-state index < -0.39 is 0 Å². The Hall–Kier alpha value is -1.23. The maximum Gasteiger partial charge on any atom is 0.202 e. The van der Waals surface area contributed by atoms with Crippen molar-refractivity contribution in [1.82, 2.24) is 14.8 Å². The summed E-state index contributed by atoms with van der Waals surface area (Å²) in [5.74, 6) is 0.633. The maximum absolute atomic E-state index is 12.1. The number of aromatic nitrogens is 3. The molecule has 2 rings (SSSR count). The molecular formula is C10H16N4O. The molecule has 15 heavy (non-hydrogen) atoms. The monoisotopic (exact) mass is 208 g/mol. The summed E-state index contributed by atoms with van der Waals surface area (Å²) in [7, 11) is 0. The summed E-state index contributed by atoms with van der Waals surface area (Å²) in [5.41, 5.74) is 5.79. The van der Waals surface area contributed by atoms with Crippen LogP contribution in [0.1, 0.15) is 36.8 Å². The highest BCUT2D eigenvalue weighted by atomic mass is 16.1. The zero-order valence-corrected chi connectivity index (χ0v) is 8.89. The molecule has 1 saturated carbocycles. The van der Waals surface area contributed by atoms with Crippen LogP contribution in [0.25, 0.3) is 0 Å². The third-order valence-electron chi connectivity index (χ3n) is 2.98. The summed E-state index contributed by atoms with van der Waals surface area (Å²) in [6, 6.07) is 0.178. The number of nitrogens with zero attached hydrogens (tertiary/aromatic N) is 3. The molecule has 1 aromatic heterocycles. The van der Waals surface area contributed by atoms with E-state index in [0.29, 0.717) is 12.4 Å². The number of carbonyl (C=O) groups is 1. The van der Waals surface area contributed by atoms with Crippen LogP contribution in [0.4, 0.5) is 0 Å². The smallest absolute Gasteiger partial charge is 0.202 e.